The lowest BCUT2D eigenvalue weighted by molar-refractivity contribution is 0.575. The minimum Gasteiger partial charge on any atom is -0.306 e. The standard InChI is InChI=1S/C19H18BrN/c1-14(17-7-4-8-19(20)12-17)21-13-15-9-10-16-5-2-3-6-18(16)11-15/h2-12,14,21H,13H2,1H3/t14-/m1/s1. The quantitative estimate of drug-likeness (QED) is 0.666. The second-order valence-corrected chi connectivity index (χ2v) is 6.25. The lowest BCUT2D eigenvalue weighted by Crippen LogP contribution is -2.18. The predicted molar refractivity (Wildman–Crippen MR) is 93.3 cm³/mol. The van der Waals surface area contributed by atoms with Crippen LogP contribution in [0.4, 0.5) is 0 Å². The fourth-order valence-electron chi connectivity index (χ4n) is 2.51. The van der Waals surface area contributed by atoms with E-state index < -0.39 is 0 Å². The molecular formula is C19H18BrN. The normalized spacial score (nSPS) is 12.5. The molecule has 0 heterocycles. The molecule has 2 heteroatoms. The summed E-state index contributed by atoms with van der Waals surface area (Å²) in [5.41, 5.74) is 2.61. The van der Waals surface area contributed by atoms with Gasteiger partial charge in [0.15, 0.2) is 0 Å². The molecule has 21 heavy (non-hydrogen) atoms. The van der Waals surface area contributed by atoms with E-state index in [2.05, 4.69) is 94.9 Å². The molecule has 0 unspecified atom stereocenters. The Hall–Kier alpha value is -1.64. The summed E-state index contributed by atoms with van der Waals surface area (Å²) in [5, 5.41) is 6.18. The monoisotopic (exact) mass is 339 g/mol. The number of hydrogen-bond acceptors (Lipinski definition) is 1. The highest BCUT2D eigenvalue weighted by Gasteiger charge is 2.05. The third kappa shape index (κ3) is 3.52. The molecule has 3 aromatic carbocycles. The van der Waals surface area contributed by atoms with Crippen LogP contribution in [-0.4, -0.2) is 0 Å². The highest BCUT2D eigenvalue weighted by molar-refractivity contribution is 9.10. The highest BCUT2D eigenvalue weighted by atomic mass is 79.9. The number of benzene rings is 3. The van der Waals surface area contributed by atoms with E-state index in [0.717, 1.165) is 11.0 Å². The van der Waals surface area contributed by atoms with Crippen LogP contribution in [0.25, 0.3) is 10.8 Å². The Labute approximate surface area is 134 Å². The lowest BCUT2D eigenvalue weighted by Gasteiger charge is -2.15. The zero-order chi connectivity index (χ0) is 14.7. The summed E-state index contributed by atoms with van der Waals surface area (Å²) in [6.45, 7) is 3.07. The molecule has 1 atom stereocenters. The first-order valence-corrected chi connectivity index (χ1v) is 7.98. The Bertz CT molecular complexity index is 751. The van der Waals surface area contributed by atoms with Gasteiger partial charge in [-0.1, -0.05) is 64.5 Å². The molecule has 0 aromatic heterocycles. The van der Waals surface area contributed by atoms with Gasteiger partial charge < -0.3 is 5.32 Å². The molecule has 3 aromatic rings. The van der Waals surface area contributed by atoms with Crippen molar-refractivity contribution in [2.75, 3.05) is 0 Å². The molecule has 0 fully saturated rings. The first kappa shape index (κ1) is 14.3. The van der Waals surface area contributed by atoms with Crippen molar-refractivity contribution in [3.8, 4) is 0 Å². The van der Waals surface area contributed by atoms with Crippen molar-refractivity contribution in [1.82, 2.24) is 5.32 Å². The average Bonchev–Trinajstić information content (AvgIpc) is 2.52. The molecule has 0 aliphatic rings. The molecule has 0 saturated carbocycles. The van der Waals surface area contributed by atoms with Gasteiger partial charge in [0.05, 0.1) is 0 Å². The minimum atomic E-state index is 0.328. The fourth-order valence-corrected chi connectivity index (χ4v) is 2.93. The smallest absolute Gasteiger partial charge is 0.0295 e. The van der Waals surface area contributed by atoms with Crippen molar-refractivity contribution in [2.24, 2.45) is 0 Å². The van der Waals surface area contributed by atoms with Crippen LogP contribution >= 0.6 is 15.9 Å². The van der Waals surface area contributed by atoms with Crippen LogP contribution in [0.3, 0.4) is 0 Å². The zero-order valence-corrected chi connectivity index (χ0v) is 13.6. The maximum Gasteiger partial charge on any atom is 0.0295 e. The van der Waals surface area contributed by atoms with Crippen molar-refractivity contribution in [2.45, 2.75) is 19.5 Å². The molecule has 0 amide bonds. The van der Waals surface area contributed by atoms with Crippen LogP contribution in [0.15, 0.2) is 71.2 Å². The van der Waals surface area contributed by atoms with E-state index in [1.165, 1.54) is 21.9 Å². The number of rotatable bonds is 4. The van der Waals surface area contributed by atoms with Crippen LogP contribution in [0.1, 0.15) is 24.1 Å². The van der Waals surface area contributed by atoms with E-state index in [4.69, 9.17) is 0 Å². The van der Waals surface area contributed by atoms with Crippen LogP contribution in [0, 0.1) is 0 Å². The molecule has 1 N–H and O–H groups in total. The summed E-state index contributed by atoms with van der Waals surface area (Å²) in [6.07, 6.45) is 0. The van der Waals surface area contributed by atoms with Gasteiger partial charge in [-0.3, -0.25) is 0 Å². The highest BCUT2D eigenvalue weighted by Crippen LogP contribution is 2.19. The largest absolute Gasteiger partial charge is 0.306 e. The number of nitrogens with one attached hydrogen (secondary N) is 1. The summed E-state index contributed by atoms with van der Waals surface area (Å²) in [7, 11) is 0. The third-order valence-electron chi connectivity index (χ3n) is 3.77. The number of halogens is 1. The van der Waals surface area contributed by atoms with E-state index in [-0.39, 0.29) is 0 Å². The van der Waals surface area contributed by atoms with Crippen molar-refractivity contribution < 1.29 is 0 Å². The van der Waals surface area contributed by atoms with Gasteiger partial charge in [0.25, 0.3) is 0 Å². The van der Waals surface area contributed by atoms with E-state index in [1.54, 1.807) is 0 Å². The lowest BCUT2D eigenvalue weighted by atomic mass is 10.1. The fraction of sp³-hybridized carbons (Fsp3) is 0.158. The Morgan fingerprint density at radius 2 is 1.71 bits per heavy atom. The third-order valence-corrected chi connectivity index (χ3v) is 4.27. The van der Waals surface area contributed by atoms with Gasteiger partial charge >= 0.3 is 0 Å². The van der Waals surface area contributed by atoms with Gasteiger partial charge in [-0.2, -0.15) is 0 Å². The Kier molecular flexibility index (Phi) is 4.37. The molecule has 0 aliphatic heterocycles. The van der Waals surface area contributed by atoms with Crippen LogP contribution in [-0.2, 0) is 6.54 Å². The molecule has 0 bridgehead atoms. The SMILES string of the molecule is C[C@@H](NCc1ccc2ccccc2c1)c1cccc(Br)c1. The van der Waals surface area contributed by atoms with E-state index in [0.29, 0.717) is 6.04 Å². The Morgan fingerprint density at radius 3 is 2.52 bits per heavy atom. The maximum atomic E-state index is 3.59. The van der Waals surface area contributed by atoms with E-state index in [1.807, 2.05) is 0 Å². The summed E-state index contributed by atoms with van der Waals surface area (Å²) < 4.78 is 1.12. The van der Waals surface area contributed by atoms with E-state index in [9.17, 15) is 0 Å². The molecular weight excluding hydrogens is 322 g/mol. The van der Waals surface area contributed by atoms with Gasteiger partial charge in [-0.15, -0.1) is 0 Å². The molecule has 0 saturated heterocycles. The second kappa shape index (κ2) is 6.42. The Balaban J connectivity index is 1.71. The summed E-state index contributed by atoms with van der Waals surface area (Å²) in [4.78, 5) is 0. The van der Waals surface area contributed by atoms with Crippen molar-refractivity contribution in [3.05, 3.63) is 82.3 Å². The Morgan fingerprint density at radius 1 is 0.905 bits per heavy atom. The number of fused-ring (bicyclic) bond motifs is 1. The first-order chi connectivity index (χ1) is 10.2. The summed E-state index contributed by atoms with van der Waals surface area (Å²) in [5.74, 6) is 0. The van der Waals surface area contributed by atoms with Crippen molar-refractivity contribution in [3.63, 3.8) is 0 Å². The molecule has 1 nitrogen and oxygen atoms in total. The average molecular weight is 340 g/mol. The molecule has 0 spiro atoms. The topological polar surface area (TPSA) is 12.0 Å². The van der Waals surface area contributed by atoms with E-state index >= 15 is 0 Å². The molecule has 0 radical (unpaired) electrons. The van der Waals surface area contributed by atoms with Crippen LogP contribution < -0.4 is 5.32 Å². The maximum absolute atomic E-state index is 3.59. The second-order valence-electron chi connectivity index (χ2n) is 5.34. The van der Waals surface area contributed by atoms with Crippen molar-refractivity contribution in [1.29, 1.82) is 0 Å². The minimum absolute atomic E-state index is 0.328. The van der Waals surface area contributed by atoms with Crippen molar-refractivity contribution >= 4 is 26.7 Å². The van der Waals surface area contributed by atoms with Crippen LogP contribution in [0.5, 0.6) is 0 Å². The summed E-state index contributed by atoms with van der Waals surface area (Å²) in [6, 6.07) is 23.9. The van der Waals surface area contributed by atoms with Gasteiger partial charge in [0.2, 0.25) is 0 Å². The van der Waals surface area contributed by atoms with Gasteiger partial charge in [-0.05, 0) is 47.0 Å². The summed E-state index contributed by atoms with van der Waals surface area (Å²) >= 11 is 3.53. The number of hydrogen-bond donors (Lipinski definition) is 1. The van der Waals surface area contributed by atoms with Crippen LogP contribution in [0.2, 0.25) is 0 Å². The first-order valence-electron chi connectivity index (χ1n) is 7.19. The molecule has 3 rings (SSSR count). The van der Waals surface area contributed by atoms with Gasteiger partial charge in [0.1, 0.15) is 0 Å². The predicted octanol–water partition coefficient (Wildman–Crippen LogP) is 5.45. The molecule has 106 valence electrons. The van der Waals surface area contributed by atoms with Gasteiger partial charge in [-0.25, -0.2) is 0 Å². The zero-order valence-electron chi connectivity index (χ0n) is 12.0. The molecule has 0 aliphatic carbocycles. The van der Waals surface area contributed by atoms with Gasteiger partial charge in [0, 0.05) is 17.1 Å².